The van der Waals surface area contributed by atoms with Crippen molar-refractivity contribution in [1.82, 2.24) is 4.90 Å². The maximum atomic E-state index is 12.1. The summed E-state index contributed by atoms with van der Waals surface area (Å²) in [5.74, 6) is 2.38. The number of nitrogens with zero attached hydrogens (tertiary/aromatic N) is 1. The van der Waals surface area contributed by atoms with Crippen LogP contribution in [0.4, 0.5) is 0 Å². The van der Waals surface area contributed by atoms with Gasteiger partial charge in [-0.2, -0.15) is 0 Å². The summed E-state index contributed by atoms with van der Waals surface area (Å²) in [5, 5.41) is 0. The van der Waals surface area contributed by atoms with Crippen molar-refractivity contribution in [2.75, 3.05) is 19.6 Å². The van der Waals surface area contributed by atoms with Gasteiger partial charge in [-0.25, -0.2) is 0 Å². The van der Waals surface area contributed by atoms with Gasteiger partial charge in [-0.05, 0) is 31.2 Å². The Hall–Kier alpha value is -0.370. The van der Waals surface area contributed by atoms with Crippen molar-refractivity contribution in [2.45, 2.75) is 66.2 Å². The van der Waals surface area contributed by atoms with E-state index < -0.39 is 0 Å². The van der Waals surface area contributed by atoms with E-state index >= 15 is 0 Å². The van der Waals surface area contributed by atoms with Crippen molar-refractivity contribution in [2.24, 2.45) is 17.8 Å². The average molecular weight is 267 g/mol. The van der Waals surface area contributed by atoms with E-state index in [1.807, 2.05) is 0 Å². The van der Waals surface area contributed by atoms with Gasteiger partial charge in [-0.1, -0.05) is 47.0 Å². The molecule has 0 saturated heterocycles. The summed E-state index contributed by atoms with van der Waals surface area (Å²) >= 11 is 0. The number of hydrogen-bond acceptors (Lipinski definition) is 2. The number of ketones is 1. The Morgan fingerprint density at radius 3 is 2.63 bits per heavy atom. The third kappa shape index (κ3) is 5.64. The fourth-order valence-electron chi connectivity index (χ4n) is 3.26. The van der Waals surface area contributed by atoms with Gasteiger partial charge >= 0.3 is 0 Å². The molecule has 0 radical (unpaired) electrons. The van der Waals surface area contributed by atoms with E-state index in [4.69, 9.17) is 0 Å². The minimum Gasteiger partial charge on any atom is -0.303 e. The van der Waals surface area contributed by atoms with Gasteiger partial charge in [-0.15, -0.1) is 0 Å². The molecular weight excluding hydrogens is 234 g/mol. The van der Waals surface area contributed by atoms with Crippen LogP contribution in [0.15, 0.2) is 0 Å². The molecule has 19 heavy (non-hydrogen) atoms. The summed E-state index contributed by atoms with van der Waals surface area (Å²) < 4.78 is 0. The van der Waals surface area contributed by atoms with Gasteiger partial charge in [-0.3, -0.25) is 4.79 Å². The molecule has 1 fully saturated rings. The summed E-state index contributed by atoms with van der Waals surface area (Å²) in [6.07, 6.45) is 6.91. The van der Waals surface area contributed by atoms with E-state index in [-0.39, 0.29) is 0 Å². The van der Waals surface area contributed by atoms with Crippen molar-refractivity contribution in [3.05, 3.63) is 0 Å². The third-order valence-corrected chi connectivity index (χ3v) is 4.76. The first-order valence-corrected chi connectivity index (χ1v) is 8.35. The minimum absolute atomic E-state index is 0.314. The molecule has 1 saturated carbocycles. The van der Waals surface area contributed by atoms with Gasteiger partial charge < -0.3 is 4.90 Å². The third-order valence-electron chi connectivity index (χ3n) is 4.76. The predicted molar refractivity (Wildman–Crippen MR) is 82.3 cm³/mol. The lowest BCUT2D eigenvalue weighted by Crippen LogP contribution is -2.38. The fourth-order valence-corrected chi connectivity index (χ4v) is 3.26. The lowest BCUT2D eigenvalue weighted by atomic mass is 9.78. The number of carbonyl (C=O) groups is 1. The molecule has 0 aliphatic heterocycles. The van der Waals surface area contributed by atoms with Crippen molar-refractivity contribution < 1.29 is 4.79 Å². The molecule has 1 rings (SSSR count). The Balaban J connectivity index is 2.48. The summed E-state index contributed by atoms with van der Waals surface area (Å²) in [6.45, 7) is 12.3. The second kappa shape index (κ2) is 8.73. The van der Waals surface area contributed by atoms with Crippen LogP contribution >= 0.6 is 0 Å². The van der Waals surface area contributed by atoms with Crippen LogP contribution in [0.1, 0.15) is 66.2 Å². The van der Waals surface area contributed by atoms with Crippen molar-refractivity contribution in [1.29, 1.82) is 0 Å². The van der Waals surface area contributed by atoms with Crippen LogP contribution in [-0.2, 0) is 4.79 Å². The molecular formula is C17H33NO. The zero-order chi connectivity index (χ0) is 14.3. The zero-order valence-corrected chi connectivity index (χ0v) is 13.5. The molecule has 1 aliphatic rings. The van der Waals surface area contributed by atoms with Crippen molar-refractivity contribution >= 4 is 5.78 Å². The first-order chi connectivity index (χ1) is 9.10. The molecule has 0 heterocycles. The van der Waals surface area contributed by atoms with E-state index in [2.05, 4.69) is 32.6 Å². The van der Waals surface area contributed by atoms with E-state index in [0.717, 1.165) is 50.7 Å². The second-order valence-electron chi connectivity index (χ2n) is 6.46. The molecule has 0 bridgehead atoms. The molecule has 0 spiro atoms. The number of carbonyl (C=O) groups excluding carboxylic acids is 1. The first-order valence-electron chi connectivity index (χ1n) is 8.35. The zero-order valence-electron chi connectivity index (χ0n) is 13.5. The highest BCUT2D eigenvalue weighted by molar-refractivity contribution is 5.81. The summed E-state index contributed by atoms with van der Waals surface area (Å²) in [7, 11) is 0. The van der Waals surface area contributed by atoms with Crippen LogP contribution < -0.4 is 0 Å². The molecule has 2 heteroatoms. The van der Waals surface area contributed by atoms with Crippen LogP contribution in [0.3, 0.4) is 0 Å². The highest BCUT2D eigenvalue weighted by Gasteiger charge is 2.29. The Bertz CT molecular complexity index is 264. The predicted octanol–water partition coefficient (Wildman–Crippen LogP) is 4.14. The Kier molecular flexibility index (Phi) is 7.67. The monoisotopic (exact) mass is 267 g/mol. The summed E-state index contributed by atoms with van der Waals surface area (Å²) in [6, 6.07) is 0. The minimum atomic E-state index is 0.314. The molecule has 2 nitrogen and oxygen atoms in total. The Morgan fingerprint density at radius 2 is 2.05 bits per heavy atom. The molecule has 1 aliphatic carbocycles. The van der Waals surface area contributed by atoms with Gasteiger partial charge in [0.25, 0.3) is 0 Å². The summed E-state index contributed by atoms with van der Waals surface area (Å²) in [4.78, 5) is 14.6. The van der Waals surface area contributed by atoms with Gasteiger partial charge in [0, 0.05) is 25.4 Å². The lowest BCUT2D eigenvalue weighted by molar-refractivity contribution is -0.126. The highest BCUT2D eigenvalue weighted by Crippen LogP contribution is 2.30. The molecule has 0 aromatic carbocycles. The van der Waals surface area contributed by atoms with E-state index in [0.29, 0.717) is 11.7 Å². The Labute approximate surface area is 119 Å². The molecule has 0 amide bonds. The average Bonchev–Trinajstić information content (AvgIpc) is 2.41. The van der Waals surface area contributed by atoms with Crippen LogP contribution in [0.5, 0.6) is 0 Å². The van der Waals surface area contributed by atoms with E-state index in [1.165, 1.54) is 19.3 Å². The van der Waals surface area contributed by atoms with Crippen LogP contribution in [-0.4, -0.2) is 30.3 Å². The number of Topliss-reactive ketones (excluding diaryl/α,β-unsaturated/α-hetero) is 1. The maximum absolute atomic E-state index is 12.1. The second-order valence-corrected chi connectivity index (χ2v) is 6.46. The van der Waals surface area contributed by atoms with Crippen molar-refractivity contribution in [3.63, 3.8) is 0 Å². The summed E-state index contributed by atoms with van der Waals surface area (Å²) in [5.41, 5.74) is 0. The molecule has 3 unspecified atom stereocenters. The van der Waals surface area contributed by atoms with Crippen LogP contribution in [0, 0.1) is 17.8 Å². The smallest absolute Gasteiger partial charge is 0.137 e. The fraction of sp³-hybridized carbons (Fsp3) is 0.941. The molecule has 3 atom stereocenters. The first kappa shape index (κ1) is 16.7. The Morgan fingerprint density at radius 1 is 1.32 bits per heavy atom. The maximum Gasteiger partial charge on any atom is 0.137 e. The van der Waals surface area contributed by atoms with E-state index in [1.54, 1.807) is 0 Å². The van der Waals surface area contributed by atoms with Gasteiger partial charge in [0.1, 0.15) is 5.78 Å². The molecule has 112 valence electrons. The molecule has 0 aromatic rings. The standard InChI is InChI=1S/C17H33NO/c1-5-8-15-9-10-17(19)16(11-15)13-18(7-3)12-14(4)6-2/h14-16H,5-13H2,1-4H3. The van der Waals surface area contributed by atoms with Gasteiger partial charge in [0.05, 0.1) is 0 Å². The number of hydrogen-bond donors (Lipinski definition) is 0. The lowest BCUT2D eigenvalue weighted by Gasteiger charge is -2.33. The largest absolute Gasteiger partial charge is 0.303 e. The topological polar surface area (TPSA) is 20.3 Å². The van der Waals surface area contributed by atoms with Crippen LogP contribution in [0.2, 0.25) is 0 Å². The van der Waals surface area contributed by atoms with Crippen molar-refractivity contribution in [3.8, 4) is 0 Å². The highest BCUT2D eigenvalue weighted by atomic mass is 16.1. The van der Waals surface area contributed by atoms with Gasteiger partial charge in [0.2, 0.25) is 0 Å². The quantitative estimate of drug-likeness (QED) is 0.659. The SMILES string of the molecule is CCCC1CCC(=O)C(CN(CC)CC(C)CC)C1. The number of rotatable bonds is 8. The molecule has 0 N–H and O–H groups in total. The normalized spacial score (nSPS) is 25.8. The van der Waals surface area contributed by atoms with E-state index in [9.17, 15) is 4.79 Å². The van der Waals surface area contributed by atoms with Crippen LogP contribution in [0.25, 0.3) is 0 Å². The van der Waals surface area contributed by atoms with Gasteiger partial charge in [0.15, 0.2) is 0 Å². The molecule has 0 aromatic heterocycles.